The van der Waals surface area contributed by atoms with Gasteiger partial charge in [0.1, 0.15) is 36.8 Å². The molecular weight excluding hydrogens is 785 g/mol. The van der Waals surface area contributed by atoms with Gasteiger partial charge in [-0.15, -0.1) is 0 Å². The summed E-state index contributed by atoms with van der Waals surface area (Å²) in [5.74, 6) is -4.80. The second kappa shape index (κ2) is 25.9. The zero-order chi connectivity index (χ0) is 45.1. The molecule has 3 rings (SSSR count). The van der Waals surface area contributed by atoms with Gasteiger partial charge in [0.25, 0.3) is 0 Å². The van der Waals surface area contributed by atoms with E-state index >= 15 is 0 Å². The fraction of sp³-hybridized carbons (Fsp3) is 0.711. The van der Waals surface area contributed by atoms with Crippen LogP contribution in [0.1, 0.15) is 124 Å². The number of hydrogen-bond donors (Lipinski definition) is 6. The molecule has 1 unspecified atom stereocenters. The van der Waals surface area contributed by atoms with E-state index in [9.17, 15) is 38.7 Å². The first kappa shape index (κ1) is 50.6. The van der Waals surface area contributed by atoms with E-state index in [2.05, 4.69) is 40.4 Å². The molecule has 1 aromatic rings. The number of likely N-dealkylation sites (N-methyl/N-ethyl adjacent to an activating group) is 1. The van der Waals surface area contributed by atoms with Crippen molar-refractivity contribution in [1.82, 2.24) is 31.5 Å². The van der Waals surface area contributed by atoms with Crippen molar-refractivity contribution in [2.45, 2.75) is 162 Å². The SMILES string of the molecule is CC(C)CCCCCC[C@H]1OC(=O)CNC(=O)[C@H](C(C)OCc2ccccc2)NC(=O)[C@H](CNC(=O)O)NC(=O)[C@H](C2CCCCC2)NC(=O)[C@H](CC(C)C)N(C)C(=O)[C@@H]1C. The van der Waals surface area contributed by atoms with Crippen LogP contribution in [0.15, 0.2) is 30.3 Å². The highest BCUT2D eigenvalue weighted by atomic mass is 16.5. The number of unbranched alkanes of at least 4 members (excludes halogenated alkanes) is 3. The van der Waals surface area contributed by atoms with E-state index in [0.717, 1.165) is 50.5 Å². The molecular formula is C45H72N6O10. The molecule has 16 nitrogen and oxygen atoms in total. The maximum absolute atomic E-state index is 14.4. The highest BCUT2D eigenvalue weighted by molar-refractivity contribution is 5.96. The second-order valence-electron chi connectivity index (χ2n) is 17.6. The molecule has 6 amide bonds. The summed E-state index contributed by atoms with van der Waals surface area (Å²) in [5, 5.41) is 22.4. The standard InChI is InChI=1S/C45H72N6O10/c1-28(2)18-12-8-9-17-23-36-30(5)44(57)51(7)35(24-29(3)4)41(54)50-39(33-21-15-11-16-22-33)43(56)48-34(25-47-45(58)59)40(53)49-38(42(55)46-26-37(52)61-36)31(6)60-27-32-19-13-10-14-20-32/h10,13-14,19-20,28-31,33-36,38-39,47H,8-9,11-12,15-18,21-27H2,1-7H3,(H,46,55)(H,48,56)(H,49,53)(H,50,54)(H,58,59)/t30-,31?,34+,35+,36-,38+,39+/m1/s1. The third kappa shape index (κ3) is 17.3. The molecule has 342 valence electrons. The molecule has 1 heterocycles. The topological polar surface area (TPSA) is 222 Å². The average Bonchev–Trinajstić information content (AvgIpc) is 3.23. The predicted octanol–water partition coefficient (Wildman–Crippen LogP) is 4.44. The quantitative estimate of drug-likeness (QED) is 0.101. The first-order chi connectivity index (χ1) is 29.0. The largest absolute Gasteiger partial charge is 0.465 e. The van der Waals surface area contributed by atoms with Gasteiger partial charge in [0.05, 0.1) is 25.2 Å². The van der Waals surface area contributed by atoms with Crippen LogP contribution in [0.25, 0.3) is 0 Å². The van der Waals surface area contributed by atoms with Crippen LogP contribution in [-0.2, 0) is 44.8 Å². The van der Waals surface area contributed by atoms with Gasteiger partial charge >= 0.3 is 12.1 Å². The molecule has 1 saturated carbocycles. The molecule has 0 spiro atoms. The third-order valence-corrected chi connectivity index (χ3v) is 11.7. The van der Waals surface area contributed by atoms with Gasteiger partial charge in [-0.1, -0.05) is 110 Å². The molecule has 2 aliphatic rings. The number of benzene rings is 1. The number of cyclic esters (lactones) is 1. The Hall–Kier alpha value is -4.73. The van der Waals surface area contributed by atoms with E-state index in [1.165, 1.54) is 11.9 Å². The van der Waals surface area contributed by atoms with Crippen LogP contribution in [0.3, 0.4) is 0 Å². The lowest BCUT2D eigenvalue weighted by atomic mass is 9.83. The van der Waals surface area contributed by atoms with Gasteiger partial charge in [0.15, 0.2) is 0 Å². The Morgan fingerprint density at radius 2 is 1.52 bits per heavy atom. The Bertz CT molecular complexity index is 1590. The van der Waals surface area contributed by atoms with Crippen molar-refractivity contribution in [3.05, 3.63) is 35.9 Å². The molecule has 61 heavy (non-hydrogen) atoms. The summed E-state index contributed by atoms with van der Waals surface area (Å²) in [6.45, 7) is 10.3. The van der Waals surface area contributed by atoms with Gasteiger partial charge in [-0.25, -0.2) is 4.79 Å². The number of rotatable bonds is 16. The van der Waals surface area contributed by atoms with Crippen molar-refractivity contribution in [3.8, 4) is 0 Å². The molecule has 0 radical (unpaired) electrons. The van der Waals surface area contributed by atoms with Crippen molar-refractivity contribution < 1.29 is 48.1 Å². The van der Waals surface area contributed by atoms with E-state index in [0.29, 0.717) is 31.6 Å². The minimum absolute atomic E-state index is 0.0323. The van der Waals surface area contributed by atoms with Gasteiger partial charge in [-0.3, -0.25) is 28.8 Å². The maximum atomic E-state index is 14.4. The van der Waals surface area contributed by atoms with E-state index in [1.807, 2.05) is 44.2 Å². The van der Waals surface area contributed by atoms with Gasteiger partial charge in [-0.05, 0) is 62.3 Å². The van der Waals surface area contributed by atoms with Gasteiger partial charge in [0, 0.05) is 7.05 Å². The van der Waals surface area contributed by atoms with Crippen LogP contribution >= 0.6 is 0 Å². The number of nitrogens with zero attached hydrogens (tertiary/aromatic N) is 1. The Morgan fingerprint density at radius 3 is 2.16 bits per heavy atom. The number of ether oxygens (including phenoxy) is 2. The average molecular weight is 857 g/mol. The summed E-state index contributed by atoms with van der Waals surface area (Å²) < 4.78 is 12.0. The minimum Gasteiger partial charge on any atom is -0.465 e. The van der Waals surface area contributed by atoms with Gasteiger partial charge in [-0.2, -0.15) is 0 Å². The highest BCUT2D eigenvalue weighted by Gasteiger charge is 2.40. The van der Waals surface area contributed by atoms with Crippen molar-refractivity contribution >= 4 is 41.6 Å². The molecule has 1 aliphatic carbocycles. The molecule has 2 fully saturated rings. The second-order valence-corrected chi connectivity index (χ2v) is 17.6. The zero-order valence-corrected chi connectivity index (χ0v) is 37.3. The van der Waals surface area contributed by atoms with Crippen molar-refractivity contribution in [3.63, 3.8) is 0 Å². The van der Waals surface area contributed by atoms with Crippen molar-refractivity contribution in [2.24, 2.45) is 23.7 Å². The lowest BCUT2D eigenvalue weighted by molar-refractivity contribution is -0.158. The maximum Gasteiger partial charge on any atom is 0.404 e. The Balaban J connectivity index is 2.06. The number of esters is 1. The first-order valence-corrected chi connectivity index (χ1v) is 22.3. The predicted molar refractivity (Wildman–Crippen MR) is 230 cm³/mol. The van der Waals surface area contributed by atoms with E-state index in [1.54, 1.807) is 13.8 Å². The van der Waals surface area contributed by atoms with Gasteiger partial charge < -0.3 is 46.1 Å². The third-order valence-electron chi connectivity index (χ3n) is 11.7. The normalized spacial score (nSPS) is 25.0. The van der Waals surface area contributed by atoms with E-state index < -0.39 is 97.0 Å². The number of hydrogen-bond acceptors (Lipinski definition) is 9. The van der Waals surface area contributed by atoms with E-state index in [-0.39, 0.29) is 24.9 Å². The fourth-order valence-electron chi connectivity index (χ4n) is 7.99. The van der Waals surface area contributed by atoms with Crippen LogP contribution in [0.4, 0.5) is 4.79 Å². The molecule has 1 aliphatic heterocycles. The van der Waals surface area contributed by atoms with Crippen LogP contribution in [0.2, 0.25) is 0 Å². The molecule has 7 atom stereocenters. The number of carbonyl (C=O) groups excluding carboxylic acids is 6. The smallest absolute Gasteiger partial charge is 0.404 e. The first-order valence-electron chi connectivity index (χ1n) is 22.3. The summed E-state index contributed by atoms with van der Waals surface area (Å²) in [6.07, 6.45) is 5.83. The van der Waals surface area contributed by atoms with Gasteiger partial charge in [0.2, 0.25) is 29.5 Å². The van der Waals surface area contributed by atoms with Crippen LogP contribution in [0.5, 0.6) is 0 Å². The molecule has 6 N–H and O–H groups in total. The number of nitrogens with one attached hydrogen (secondary N) is 5. The number of carboxylic acid groups (broad SMARTS) is 1. The van der Waals surface area contributed by atoms with Crippen LogP contribution < -0.4 is 26.6 Å². The molecule has 1 saturated heterocycles. The Labute approximate surface area is 361 Å². The van der Waals surface area contributed by atoms with Crippen LogP contribution in [-0.4, -0.2) is 108 Å². The Morgan fingerprint density at radius 1 is 0.852 bits per heavy atom. The minimum atomic E-state index is -1.53. The summed E-state index contributed by atoms with van der Waals surface area (Å²) in [7, 11) is 1.54. The number of carbonyl (C=O) groups is 7. The summed E-state index contributed by atoms with van der Waals surface area (Å²) in [5.41, 5.74) is 0.795. The monoisotopic (exact) mass is 857 g/mol. The summed E-state index contributed by atoms with van der Waals surface area (Å²) in [4.78, 5) is 97.5. The lowest BCUT2D eigenvalue weighted by Crippen LogP contribution is -2.63. The highest BCUT2D eigenvalue weighted by Crippen LogP contribution is 2.28. The van der Waals surface area contributed by atoms with E-state index in [4.69, 9.17) is 9.47 Å². The summed E-state index contributed by atoms with van der Waals surface area (Å²) >= 11 is 0. The Kier molecular flexibility index (Phi) is 21.5. The lowest BCUT2D eigenvalue weighted by Gasteiger charge is -2.36. The molecule has 0 aromatic heterocycles. The molecule has 16 heteroatoms. The molecule has 0 bridgehead atoms. The molecule has 1 aromatic carbocycles. The zero-order valence-electron chi connectivity index (χ0n) is 37.3. The van der Waals surface area contributed by atoms with Crippen LogP contribution in [0, 0.1) is 23.7 Å². The van der Waals surface area contributed by atoms with Crippen molar-refractivity contribution in [2.75, 3.05) is 20.1 Å². The summed E-state index contributed by atoms with van der Waals surface area (Å²) in [6, 6.07) is 4.08. The van der Waals surface area contributed by atoms with Crippen molar-refractivity contribution in [1.29, 1.82) is 0 Å². The fourth-order valence-corrected chi connectivity index (χ4v) is 7.99. The number of amides is 6.